The summed E-state index contributed by atoms with van der Waals surface area (Å²) in [5.74, 6) is 0.0256. The maximum atomic E-state index is 13.4. The lowest BCUT2D eigenvalue weighted by atomic mass is 10.2. The topological polar surface area (TPSA) is 56.7 Å². The summed E-state index contributed by atoms with van der Waals surface area (Å²) in [6.07, 6.45) is 3.30. The number of nitrogens with two attached hydrogens (primary N) is 1. The molecule has 0 radical (unpaired) electrons. The molecule has 0 saturated heterocycles. The van der Waals surface area contributed by atoms with E-state index in [0.29, 0.717) is 17.2 Å². The molecule has 2 heterocycles. The predicted octanol–water partition coefficient (Wildman–Crippen LogP) is 2.45. The number of fused-ring (bicyclic) bond motifs is 1. The monoisotopic (exact) mass is 242 g/mol. The molecule has 0 amide bonds. The van der Waals surface area contributed by atoms with Gasteiger partial charge in [0, 0.05) is 6.20 Å². The molecule has 1 aromatic carbocycles. The Morgan fingerprint density at radius 1 is 1.28 bits per heavy atom. The van der Waals surface area contributed by atoms with E-state index in [9.17, 15) is 4.39 Å². The van der Waals surface area contributed by atoms with Crippen molar-refractivity contribution < 1.29 is 4.39 Å². The first-order valence-electron chi connectivity index (χ1n) is 5.51. The van der Waals surface area contributed by atoms with Gasteiger partial charge in [-0.3, -0.25) is 9.55 Å². The van der Waals surface area contributed by atoms with Crippen molar-refractivity contribution in [3.8, 4) is 5.69 Å². The Bertz CT molecular complexity index is 733. The van der Waals surface area contributed by atoms with Gasteiger partial charge in [0.2, 0.25) is 5.95 Å². The van der Waals surface area contributed by atoms with Crippen molar-refractivity contribution in [1.29, 1.82) is 0 Å². The highest BCUT2D eigenvalue weighted by Crippen LogP contribution is 2.24. The predicted molar refractivity (Wildman–Crippen MR) is 68.0 cm³/mol. The number of nitrogens with zero attached hydrogens (tertiary/aromatic N) is 3. The number of aromatic nitrogens is 3. The Labute approximate surface area is 103 Å². The van der Waals surface area contributed by atoms with Crippen LogP contribution in [0.15, 0.2) is 36.7 Å². The van der Waals surface area contributed by atoms with E-state index in [1.807, 2.05) is 13.0 Å². The molecule has 0 aliphatic carbocycles. The fraction of sp³-hybridized carbons (Fsp3) is 0.0769. The molecule has 3 rings (SSSR count). The Morgan fingerprint density at radius 2 is 2.11 bits per heavy atom. The molecule has 2 aromatic heterocycles. The van der Waals surface area contributed by atoms with E-state index in [-0.39, 0.29) is 5.82 Å². The van der Waals surface area contributed by atoms with Gasteiger partial charge in [-0.2, -0.15) is 0 Å². The third kappa shape index (κ3) is 1.52. The second-order valence-corrected chi connectivity index (χ2v) is 4.10. The molecule has 2 N–H and O–H groups in total. The Hall–Kier alpha value is -2.43. The van der Waals surface area contributed by atoms with Gasteiger partial charge in [0.25, 0.3) is 0 Å². The molecule has 18 heavy (non-hydrogen) atoms. The van der Waals surface area contributed by atoms with Crippen LogP contribution in [0.3, 0.4) is 0 Å². The van der Waals surface area contributed by atoms with Crippen molar-refractivity contribution in [2.45, 2.75) is 6.92 Å². The van der Waals surface area contributed by atoms with Gasteiger partial charge in [0.05, 0.1) is 17.4 Å². The average Bonchev–Trinajstić information content (AvgIpc) is 2.68. The summed E-state index contributed by atoms with van der Waals surface area (Å²) < 4.78 is 15.1. The molecule has 3 aromatic rings. The maximum Gasteiger partial charge on any atom is 0.205 e. The van der Waals surface area contributed by atoms with E-state index in [4.69, 9.17) is 5.73 Å². The molecule has 0 spiro atoms. The van der Waals surface area contributed by atoms with Gasteiger partial charge in [-0.15, -0.1) is 0 Å². The third-order valence-electron chi connectivity index (χ3n) is 2.89. The summed E-state index contributed by atoms with van der Waals surface area (Å²) in [5, 5.41) is 0. The lowest BCUT2D eigenvalue weighted by Gasteiger charge is -2.09. The Morgan fingerprint density at radius 3 is 2.94 bits per heavy atom. The highest BCUT2D eigenvalue weighted by atomic mass is 19.1. The number of imidazole rings is 1. The number of rotatable bonds is 1. The fourth-order valence-electron chi connectivity index (χ4n) is 2.03. The standard InChI is InChI=1S/C13H11FN4/c1-8-2-3-9(14)6-12(8)18-11-4-5-16-7-10(11)17-13(18)15/h2-7H,1H3,(H2,15,17). The van der Waals surface area contributed by atoms with Crippen LogP contribution in [0.5, 0.6) is 0 Å². The minimum Gasteiger partial charge on any atom is -0.369 e. The average molecular weight is 242 g/mol. The van der Waals surface area contributed by atoms with Crippen molar-refractivity contribution in [3.63, 3.8) is 0 Å². The molecule has 0 fully saturated rings. The van der Waals surface area contributed by atoms with E-state index in [2.05, 4.69) is 9.97 Å². The van der Waals surface area contributed by atoms with E-state index in [1.165, 1.54) is 12.1 Å². The van der Waals surface area contributed by atoms with Crippen LogP contribution in [-0.2, 0) is 0 Å². The van der Waals surface area contributed by atoms with Gasteiger partial charge < -0.3 is 5.73 Å². The van der Waals surface area contributed by atoms with E-state index < -0.39 is 0 Å². The van der Waals surface area contributed by atoms with Crippen molar-refractivity contribution in [2.75, 3.05) is 5.73 Å². The zero-order chi connectivity index (χ0) is 12.7. The third-order valence-corrected chi connectivity index (χ3v) is 2.89. The summed E-state index contributed by atoms with van der Waals surface area (Å²) in [4.78, 5) is 8.21. The van der Waals surface area contributed by atoms with Gasteiger partial charge in [0.1, 0.15) is 11.3 Å². The molecule has 0 bridgehead atoms. The zero-order valence-electron chi connectivity index (χ0n) is 9.76. The van der Waals surface area contributed by atoms with Crippen LogP contribution in [0.25, 0.3) is 16.7 Å². The second-order valence-electron chi connectivity index (χ2n) is 4.10. The fourth-order valence-corrected chi connectivity index (χ4v) is 2.03. The Kier molecular flexibility index (Phi) is 2.26. The minimum atomic E-state index is -0.300. The van der Waals surface area contributed by atoms with E-state index >= 15 is 0 Å². The number of aryl methyl sites for hydroxylation is 1. The van der Waals surface area contributed by atoms with Gasteiger partial charge >= 0.3 is 0 Å². The van der Waals surface area contributed by atoms with Crippen LogP contribution in [0.2, 0.25) is 0 Å². The van der Waals surface area contributed by atoms with Crippen molar-refractivity contribution in [1.82, 2.24) is 14.5 Å². The summed E-state index contributed by atoms with van der Waals surface area (Å²) >= 11 is 0. The smallest absolute Gasteiger partial charge is 0.205 e. The lowest BCUT2D eigenvalue weighted by Crippen LogP contribution is -2.03. The van der Waals surface area contributed by atoms with Crippen molar-refractivity contribution in [3.05, 3.63) is 48.0 Å². The molecular formula is C13H11FN4. The maximum absolute atomic E-state index is 13.4. The van der Waals surface area contributed by atoms with Crippen LogP contribution in [0.1, 0.15) is 5.56 Å². The summed E-state index contributed by atoms with van der Waals surface area (Å²) in [6.45, 7) is 1.90. The summed E-state index contributed by atoms with van der Waals surface area (Å²) in [5.41, 5.74) is 9.04. The number of hydrogen-bond donors (Lipinski definition) is 1. The first-order valence-corrected chi connectivity index (χ1v) is 5.51. The van der Waals surface area contributed by atoms with Gasteiger partial charge in [-0.1, -0.05) is 6.07 Å². The molecule has 5 heteroatoms. The van der Waals surface area contributed by atoms with Gasteiger partial charge in [0.15, 0.2) is 0 Å². The van der Waals surface area contributed by atoms with Crippen LogP contribution in [0, 0.1) is 12.7 Å². The second kappa shape index (κ2) is 3.80. The SMILES string of the molecule is Cc1ccc(F)cc1-n1c(N)nc2cnccc21. The first kappa shape index (κ1) is 10.7. The van der Waals surface area contributed by atoms with Gasteiger partial charge in [-0.05, 0) is 30.7 Å². The molecule has 4 nitrogen and oxygen atoms in total. The van der Waals surface area contributed by atoms with Crippen molar-refractivity contribution in [2.24, 2.45) is 0 Å². The Balaban J connectivity index is 2.37. The molecule has 0 aliphatic heterocycles. The largest absolute Gasteiger partial charge is 0.369 e. The van der Waals surface area contributed by atoms with Crippen molar-refractivity contribution >= 4 is 17.0 Å². The van der Waals surface area contributed by atoms with Crippen LogP contribution >= 0.6 is 0 Å². The number of benzene rings is 1. The lowest BCUT2D eigenvalue weighted by molar-refractivity contribution is 0.626. The molecule has 0 atom stereocenters. The van der Waals surface area contributed by atoms with E-state index in [1.54, 1.807) is 23.0 Å². The summed E-state index contributed by atoms with van der Waals surface area (Å²) in [6, 6.07) is 6.41. The molecule has 0 aliphatic rings. The molecule has 0 unspecified atom stereocenters. The molecule has 0 saturated carbocycles. The number of halogens is 1. The van der Waals surface area contributed by atoms with Crippen LogP contribution in [0.4, 0.5) is 10.3 Å². The van der Waals surface area contributed by atoms with E-state index in [0.717, 1.165) is 11.1 Å². The summed E-state index contributed by atoms with van der Waals surface area (Å²) in [7, 11) is 0. The molecule has 90 valence electrons. The van der Waals surface area contributed by atoms with Crippen LogP contribution in [-0.4, -0.2) is 14.5 Å². The number of nitrogen functional groups attached to an aromatic ring is 1. The van der Waals surface area contributed by atoms with Crippen LogP contribution < -0.4 is 5.73 Å². The normalized spacial score (nSPS) is 11.0. The highest BCUT2D eigenvalue weighted by Gasteiger charge is 2.12. The quantitative estimate of drug-likeness (QED) is 0.713. The number of hydrogen-bond acceptors (Lipinski definition) is 3. The van der Waals surface area contributed by atoms with Gasteiger partial charge in [-0.25, -0.2) is 9.37 Å². The first-order chi connectivity index (χ1) is 8.66. The zero-order valence-corrected chi connectivity index (χ0v) is 9.76. The minimum absolute atomic E-state index is 0.300. The molecular weight excluding hydrogens is 231 g/mol. The highest BCUT2D eigenvalue weighted by molar-refractivity contribution is 5.80. The number of pyridine rings is 1. The number of anilines is 1.